The summed E-state index contributed by atoms with van der Waals surface area (Å²) in [6.07, 6.45) is 4.05. The van der Waals surface area contributed by atoms with Gasteiger partial charge in [-0.2, -0.15) is 0 Å². The quantitative estimate of drug-likeness (QED) is 0.605. The summed E-state index contributed by atoms with van der Waals surface area (Å²) < 4.78 is 5.89. The normalized spacial score (nSPS) is 18.1. The number of carbonyl (C=O) groups excluding carboxylic acids is 2. The standard InChI is InChI=1S/C16H20INO4/c1-2-12-5-3-4-8-18(12)15(20)10-22-16(21)13-9-11(17)6-7-14(13)19/h6-7,9,12,19H,2-5,8,10H2,1H3. The molecule has 6 heteroatoms. The summed E-state index contributed by atoms with van der Waals surface area (Å²) in [6, 6.07) is 4.92. The summed E-state index contributed by atoms with van der Waals surface area (Å²) in [4.78, 5) is 26.1. The maximum Gasteiger partial charge on any atom is 0.342 e. The minimum absolute atomic E-state index is 0.0883. The Balaban J connectivity index is 1.95. The van der Waals surface area contributed by atoms with Crippen LogP contribution in [0.1, 0.15) is 43.0 Å². The Kier molecular flexibility index (Phi) is 6.05. The number of hydrogen-bond acceptors (Lipinski definition) is 4. The van der Waals surface area contributed by atoms with E-state index in [9.17, 15) is 14.7 Å². The number of ether oxygens (including phenoxy) is 1. The van der Waals surface area contributed by atoms with E-state index in [4.69, 9.17) is 4.74 Å². The summed E-state index contributed by atoms with van der Waals surface area (Å²) >= 11 is 2.05. The number of phenols is 1. The second kappa shape index (κ2) is 7.80. The van der Waals surface area contributed by atoms with Crippen molar-refractivity contribution < 1.29 is 19.4 Å². The van der Waals surface area contributed by atoms with Gasteiger partial charge < -0.3 is 14.7 Å². The lowest BCUT2D eigenvalue weighted by molar-refractivity contribution is -0.138. The molecular weight excluding hydrogens is 397 g/mol. The average Bonchev–Trinajstić information content (AvgIpc) is 2.54. The highest BCUT2D eigenvalue weighted by molar-refractivity contribution is 14.1. The van der Waals surface area contributed by atoms with Gasteiger partial charge in [0.25, 0.3) is 5.91 Å². The van der Waals surface area contributed by atoms with Crippen LogP contribution in [-0.2, 0) is 9.53 Å². The van der Waals surface area contributed by atoms with Crippen LogP contribution in [-0.4, -0.2) is 41.1 Å². The van der Waals surface area contributed by atoms with E-state index in [1.807, 2.05) is 27.5 Å². The number of aromatic hydroxyl groups is 1. The van der Waals surface area contributed by atoms with E-state index < -0.39 is 5.97 Å². The number of benzene rings is 1. The molecule has 1 aliphatic heterocycles. The fraction of sp³-hybridized carbons (Fsp3) is 0.500. The molecule has 1 amide bonds. The van der Waals surface area contributed by atoms with E-state index in [0.717, 1.165) is 35.8 Å². The zero-order chi connectivity index (χ0) is 16.1. The zero-order valence-corrected chi connectivity index (χ0v) is 14.7. The molecule has 1 unspecified atom stereocenters. The second-order valence-corrected chi connectivity index (χ2v) is 6.63. The average molecular weight is 417 g/mol. The Morgan fingerprint density at radius 1 is 1.41 bits per heavy atom. The lowest BCUT2D eigenvalue weighted by Crippen LogP contribution is -2.45. The Morgan fingerprint density at radius 3 is 2.91 bits per heavy atom. The molecule has 0 spiro atoms. The smallest absolute Gasteiger partial charge is 0.342 e. The van der Waals surface area contributed by atoms with Gasteiger partial charge in [-0.15, -0.1) is 0 Å². The van der Waals surface area contributed by atoms with E-state index in [2.05, 4.69) is 6.92 Å². The molecule has 120 valence electrons. The number of likely N-dealkylation sites (tertiary alicyclic amines) is 1. The van der Waals surface area contributed by atoms with Crippen LogP contribution in [0.5, 0.6) is 5.75 Å². The molecule has 1 fully saturated rings. The lowest BCUT2D eigenvalue weighted by atomic mass is 10.00. The molecule has 1 atom stereocenters. The van der Waals surface area contributed by atoms with Crippen molar-refractivity contribution in [2.45, 2.75) is 38.6 Å². The van der Waals surface area contributed by atoms with Crippen molar-refractivity contribution in [2.24, 2.45) is 0 Å². The Morgan fingerprint density at radius 2 is 2.18 bits per heavy atom. The first-order chi connectivity index (χ1) is 10.5. The van der Waals surface area contributed by atoms with Crippen LogP contribution in [0.25, 0.3) is 0 Å². The SMILES string of the molecule is CCC1CCCCN1C(=O)COC(=O)c1cc(I)ccc1O. The highest BCUT2D eigenvalue weighted by atomic mass is 127. The highest BCUT2D eigenvalue weighted by Crippen LogP contribution is 2.22. The topological polar surface area (TPSA) is 66.8 Å². The number of esters is 1. The minimum atomic E-state index is -0.672. The summed E-state index contributed by atoms with van der Waals surface area (Å²) in [6.45, 7) is 2.51. The monoisotopic (exact) mass is 417 g/mol. The van der Waals surface area contributed by atoms with E-state index >= 15 is 0 Å². The summed E-state index contributed by atoms with van der Waals surface area (Å²) in [7, 11) is 0. The molecule has 1 N–H and O–H groups in total. The number of hydrogen-bond donors (Lipinski definition) is 1. The van der Waals surface area contributed by atoms with Crippen LogP contribution in [0.15, 0.2) is 18.2 Å². The van der Waals surface area contributed by atoms with Crippen molar-refractivity contribution in [1.82, 2.24) is 4.90 Å². The minimum Gasteiger partial charge on any atom is -0.507 e. The summed E-state index contributed by atoms with van der Waals surface area (Å²) in [5.41, 5.74) is 0.0883. The maximum absolute atomic E-state index is 12.2. The molecule has 1 heterocycles. The summed E-state index contributed by atoms with van der Waals surface area (Å²) in [5.74, 6) is -0.971. The molecule has 0 aromatic heterocycles. The number of carbonyl (C=O) groups is 2. The molecule has 0 aliphatic carbocycles. The van der Waals surface area contributed by atoms with E-state index in [0.29, 0.717) is 0 Å². The Hall–Kier alpha value is -1.31. The van der Waals surface area contributed by atoms with Gasteiger partial charge in [0, 0.05) is 16.2 Å². The molecule has 1 aromatic rings. The second-order valence-electron chi connectivity index (χ2n) is 5.38. The van der Waals surface area contributed by atoms with Gasteiger partial charge in [0.15, 0.2) is 6.61 Å². The number of halogens is 1. The van der Waals surface area contributed by atoms with Gasteiger partial charge in [-0.1, -0.05) is 6.92 Å². The molecule has 0 radical (unpaired) electrons. The van der Waals surface area contributed by atoms with Crippen molar-refractivity contribution in [3.05, 3.63) is 27.3 Å². The molecule has 0 bridgehead atoms. The molecular formula is C16H20INO4. The van der Waals surface area contributed by atoms with Gasteiger partial charge in [-0.25, -0.2) is 4.79 Å². The molecule has 1 saturated heterocycles. The maximum atomic E-state index is 12.2. The van der Waals surface area contributed by atoms with Crippen molar-refractivity contribution in [2.75, 3.05) is 13.2 Å². The molecule has 22 heavy (non-hydrogen) atoms. The number of piperidine rings is 1. The van der Waals surface area contributed by atoms with Crippen LogP contribution in [0.4, 0.5) is 0 Å². The molecule has 0 saturated carbocycles. The van der Waals surface area contributed by atoms with Gasteiger partial charge >= 0.3 is 5.97 Å². The third kappa shape index (κ3) is 4.12. The molecule has 2 rings (SSSR count). The van der Waals surface area contributed by atoms with Crippen LogP contribution in [0.3, 0.4) is 0 Å². The van der Waals surface area contributed by atoms with Crippen LogP contribution >= 0.6 is 22.6 Å². The largest absolute Gasteiger partial charge is 0.507 e. The zero-order valence-electron chi connectivity index (χ0n) is 12.5. The van der Waals surface area contributed by atoms with Crippen molar-refractivity contribution in [1.29, 1.82) is 0 Å². The van der Waals surface area contributed by atoms with E-state index in [1.54, 1.807) is 12.1 Å². The first-order valence-electron chi connectivity index (χ1n) is 7.48. The number of nitrogens with zero attached hydrogens (tertiary/aromatic N) is 1. The first-order valence-corrected chi connectivity index (χ1v) is 8.56. The predicted octanol–water partition coefficient (Wildman–Crippen LogP) is 2.94. The number of amides is 1. The van der Waals surface area contributed by atoms with Gasteiger partial charge in [-0.3, -0.25) is 4.79 Å². The van der Waals surface area contributed by atoms with Gasteiger partial charge in [0.2, 0.25) is 0 Å². The van der Waals surface area contributed by atoms with E-state index in [1.165, 1.54) is 6.07 Å². The Bertz CT molecular complexity index is 561. The fourth-order valence-electron chi connectivity index (χ4n) is 2.71. The third-order valence-corrected chi connectivity index (χ3v) is 4.59. The number of rotatable bonds is 4. The van der Waals surface area contributed by atoms with Crippen molar-refractivity contribution in [3.8, 4) is 5.75 Å². The van der Waals surface area contributed by atoms with E-state index in [-0.39, 0.29) is 29.9 Å². The molecule has 5 nitrogen and oxygen atoms in total. The van der Waals surface area contributed by atoms with Crippen LogP contribution in [0, 0.1) is 3.57 Å². The van der Waals surface area contributed by atoms with Crippen molar-refractivity contribution in [3.63, 3.8) is 0 Å². The van der Waals surface area contributed by atoms with Gasteiger partial charge in [0.05, 0.1) is 0 Å². The molecule has 1 aliphatic rings. The van der Waals surface area contributed by atoms with Crippen molar-refractivity contribution >= 4 is 34.5 Å². The third-order valence-electron chi connectivity index (χ3n) is 3.92. The van der Waals surface area contributed by atoms with Gasteiger partial charge in [0.1, 0.15) is 11.3 Å². The van der Waals surface area contributed by atoms with Crippen LogP contribution < -0.4 is 0 Å². The van der Waals surface area contributed by atoms with Crippen LogP contribution in [0.2, 0.25) is 0 Å². The fourth-order valence-corrected chi connectivity index (χ4v) is 3.20. The lowest BCUT2D eigenvalue weighted by Gasteiger charge is -2.35. The Labute approximate surface area is 143 Å². The first kappa shape index (κ1) is 17.1. The summed E-state index contributed by atoms with van der Waals surface area (Å²) in [5, 5.41) is 9.70. The predicted molar refractivity (Wildman–Crippen MR) is 90.7 cm³/mol. The highest BCUT2D eigenvalue weighted by Gasteiger charge is 2.26. The number of phenolic OH excluding ortho intramolecular Hbond substituents is 1. The molecule has 1 aromatic carbocycles. The van der Waals surface area contributed by atoms with Gasteiger partial charge in [-0.05, 0) is 66.5 Å².